The highest BCUT2D eigenvalue weighted by Gasteiger charge is 2.32. The number of rotatable bonds is 1. The van der Waals surface area contributed by atoms with Gasteiger partial charge in [0.2, 0.25) is 5.82 Å². The van der Waals surface area contributed by atoms with Gasteiger partial charge in [0, 0.05) is 6.20 Å². The molecule has 0 saturated carbocycles. The number of nitrogens with zero attached hydrogens (tertiary/aromatic N) is 1. The second-order valence-electron chi connectivity index (χ2n) is 3.87. The molecule has 1 aromatic carbocycles. The maximum Gasteiger partial charge on any atom is 0.417 e. The molecule has 0 N–H and O–H groups in total. The van der Waals surface area contributed by atoms with Gasteiger partial charge in [0.05, 0.1) is 16.8 Å². The summed E-state index contributed by atoms with van der Waals surface area (Å²) in [6, 6.07) is 0.932. The van der Waals surface area contributed by atoms with Gasteiger partial charge in [-0.15, -0.1) is 0 Å². The Morgan fingerprint density at radius 2 is 1.19 bits per heavy atom. The van der Waals surface area contributed by atoms with Crippen LogP contribution in [0.2, 0.25) is 0 Å². The average molecular weight is 313 g/mol. The Balaban J connectivity index is 2.63. The van der Waals surface area contributed by atoms with Crippen molar-refractivity contribution in [3.05, 3.63) is 53.0 Å². The lowest BCUT2D eigenvalue weighted by atomic mass is 10.1. The Kier molecular flexibility index (Phi) is 3.60. The van der Waals surface area contributed by atoms with E-state index in [0.717, 1.165) is 0 Å². The van der Waals surface area contributed by atoms with Crippen molar-refractivity contribution >= 4 is 0 Å². The minimum Gasteiger partial charge on any atom is -0.255 e. The van der Waals surface area contributed by atoms with E-state index in [1.54, 1.807) is 0 Å². The molecule has 21 heavy (non-hydrogen) atoms. The number of halogens is 8. The van der Waals surface area contributed by atoms with Crippen LogP contribution in [0.3, 0.4) is 0 Å². The zero-order chi connectivity index (χ0) is 15.9. The summed E-state index contributed by atoms with van der Waals surface area (Å²) >= 11 is 0. The van der Waals surface area contributed by atoms with E-state index in [9.17, 15) is 35.1 Å². The van der Waals surface area contributed by atoms with Crippen molar-refractivity contribution in [3.63, 3.8) is 0 Å². The van der Waals surface area contributed by atoms with Gasteiger partial charge < -0.3 is 0 Å². The SMILES string of the molecule is Fc1c(F)c(F)c(-c2ccc(C(F)(F)F)cn2)c(F)c1F. The van der Waals surface area contributed by atoms with Gasteiger partial charge in [-0.25, -0.2) is 22.0 Å². The van der Waals surface area contributed by atoms with Crippen LogP contribution in [0, 0.1) is 29.1 Å². The fraction of sp³-hybridized carbons (Fsp3) is 0.0833. The Bertz CT molecular complexity index is 661. The Labute approximate surface area is 111 Å². The Morgan fingerprint density at radius 1 is 0.714 bits per heavy atom. The minimum absolute atomic E-state index is 0.230. The van der Waals surface area contributed by atoms with E-state index in [2.05, 4.69) is 4.98 Å². The largest absolute Gasteiger partial charge is 0.417 e. The molecule has 1 heterocycles. The van der Waals surface area contributed by atoms with Crippen LogP contribution in [0.5, 0.6) is 0 Å². The van der Waals surface area contributed by atoms with Gasteiger partial charge in [-0.1, -0.05) is 0 Å². The summed E-state index contributed by atoms with van der Waals surface area (Å²) in [6.45, 7) is 0. The number of hydrogen-bond donors (Lipinski definition) is 0. The predicted octanol–water partition coefficient (Wildman–Crippen LogP) is 4.46. The highest BCUT2D eigenvalue weighted by molar-refractivity contribution is 5.61. The zero-order valence-corrected chi connectivity index (χ0v) is 9.70. The monoisotopic (exact) mass is 313 g/mol. The van der Waals surface area contributed by atoms with E-state index in [4.69, 9.17) is 0 Å². The van der Waals surface area contributed by atoms with Crippen molar-refractivity contribution in [2.75, 3.05) is 0 Å². The van der Waals surface area contributed by atoms with Crippen LogP contribution in [0.4, 0.5) is 35.1 Å². The molecule has 9 heteroatoms. The molecule has 0 unspecified atom stereocenters. The van der Waals surface area contributed by atoms with Crippen molar-refractivity contribution in [1.82, 2.24) is 4.98 Å². The third kappa shape index (κ3) is 2.55. The van der Waals surface area contributed by atoms with Gasteiger partial charge in [-0.05, 0) is 12.1 Å². The van der Waals surface area contributed by atoms with Gasteiger partial charge in [-0.2, -0.15) is 13.2 Å². The number of hydrogen-bond acceptors (Lipinski definition) is 1. The van der Waals surface area contributed by atoms with Crippen molar-refractivity contribution in [2.45, 2.75) is 6.18 Å². The van der Waals surface area contributed by atoms with Crippen LogP contribution in [-0.2, 0) is 6.18 Å². The maximum absolute atomic E-state index is 13.4. The smallest absolute Gasteiger partial charge is 0.255 e. The van der Waals surface area contributed by atoms with Crippen molar-refractivity contribution in [1.29, 1.82) is 0 Å². The van der Waals surface area contributed by atoms with Crippen LogP contribution >= 0.6 is 0 Å². The summed E-state index contributed by atoms with van der Waals surface area (Å²) in [5.41, 5.74) is -3.42. The highest BCUT2D eigenvalue weighted by atomic mass is 19.4. The van der Waals surface area contributed by atoms with Gasteiger partial charge in [0.1, 0.15) is 0 Å². The fourth-order valence-corrected chi connectivity index (χ4v) is 1.54. The molecule has 1 aromatic heterocycles. The van der Waals surface area contributed by atoms with E-state index < -0.39 is 52.1 Å². The average Bonchev–Trinajstić information content (AvgIpc) is 2.43. The second kappa shape index (κ2) is 4.97. The van der Waals surface area contributed by atoms with Crippen LogP contribution in [0.15, 0.2) is 18.3 Å². The van der Waals surface area contributed by atoms with E-state index in [1.165, 1.54) is 0 Å². The summed E-state index contributed by atoms with van der Waals surface area (Å²) < 4.78 is 103. The third-order valence-electron chi connectivity index (χ3n) is 2.56. The summed E-state index contributed by atoms with van der Waals surface area (Å²) in [4.78, 5) is 3.09. The molecular weight excluding hydrogens is 310 g/mol. The van der Waals surface area contributed by atoms with Crippen LogP contribution < -0.4 is 0 Å². The molecule has 0 fully saturated rings. The fourth-order valence-electron chi connectivity index (χ4n) is 1.54. The predicted molar refractivity (Wildman–Crippen MR) is 54.5 cm³/mol. The molecule has 0 spiro atoms. The van der Waals surface area contributed by atoms with E-state index >= 15 is 0 Å². The summed E-state index contributed by atoms with van der Waals surface area (Å²) in [6.07, 6.45) is -4.52. The standard InChI is InChI=1S/C12H3F8N/c13-7-6(8(14)10(16)11(17)9(7)15)5-2-1-4(3-21-5)12(18,19)20/h1-3H. The first-order valence-corrected chi connectivity index (χ1v) is 5.19. The lowest BCUT2D eigenvalue weighted by Gasteiger charge is -2.09. The normalized spacial score (nSPS) is 11.8. The number of aromatic nitrogens is 1. The minimum atomic E-state index is -4.75. The molecule has 0 aliphatic rings. The molecule has 0 bridgehead atoms. The third-order valence-corrected chi connectivity index (χ3v) is 2.56. The second-order valence-corrected chi connectivity index (χ2v) is 3.87. The molecule has 0 amide bonds. The lowest BCUT2D eigenvalue weighted by Crippen LogP contribution is -2.07. The number of pyridine rings is 1. The topological polar surface area (TPSA) is 12.9 Å². The van der Waals surface area contributed by atoms with Gasteiger partial charge in [0.25, 0.3) is 0 Å². The van der Waals surface area contributed by atoms with Gasteiger partial charge in [0.15, 0.2) is 23.3 Å². The zero-order valence-electron chi connectivity index (χ0n) is 9.70. The Hall–Kier alpha value is -2.19. The number of benzene rings is 1. The highest BCUT2D eigenvalue weighted by Crippen LogP contribution is 2.33. The maximum atomic E-state index is 13.4. The molecule has 2 rings (SSSR count). The van der Waals surface area contributed by atoms with E-state index in [1.807, 2.05) is 0 Å². The van der Waals surface area contributed by atoms with Gasteiger partial charge in [-0.3, -0.25) is 4.98 Å². The van der Waals surface area contributed by atoms with Crippen LogP contribution in [-0.4, -0.2) is 4.98 Å². The molecule has 0 atom stereocenters. The summed E-state index contributed by atoms with van der Waals surface area (Å²) in [5, 5.41) is 0. The summed E-state index contributed by atoms with van der Waals surface area (Å²) in [5.74, 6) is -11.1. The molecule has 0 aliphatic heterocycles. The molecular formula is C12H3F8N. The first kappa shape index (κ1) is 15.2. The summed E-state index contributed by atoms with van der Waals surface area (Å²) in [7, 11) is 0. The molecule has 1 nitrogen and oxygen atoms in total. The lowest BCUT2D eigenvalue weighted by molar-refractivity contribution is -0.137. The van der Waals surface area contributed by atoms with Gasteiger partial charge >= 0.3 is 6.18 Å². The quantitative estimate of drug-likeness (QED) is 0.430. The molecule has 0 saturated heterocycles. The Morgan fingerprint density at radius 3 is 1.57 bits per heavy atom. The number of alkyl halides is 3. The first-order valence-electron chi connectivity index (χ1n) is 5.19. The van der Waals surface area contributed by atoms with E-state index in [0.29, 0.717) is 12.1 Å². The van der Waals surface area contributed by atoms with Crippen LogP contribution in [0.25, 0.3) is 11.3 Å². The van der Waals surface area contributed by atoms with Crippen molar-refractivity contribution in [3.8, 4) is 11.3 Å². The molecule has 112 valence electrons. The molecule has 0 radical (unpaired) electrons. The van der Waals surface area contributed by atoms with Crippen molar-refractivity contribution < 1.29 is 35.1 Å². The van der Waals surface area contributed by atoms with E-state index in [-0.39, 0.29) is 6.20 Å². The van der Waals surface area contributed by atoms with Crippen LogP contribution in [0.1, 0.15) is 5.56 Å². The molecule has 2 aromatic rings. The molecule has 0 aliphatic carbocycles. The van der Waals surface area contributed by atoms with Crippen molar-refractivity contribution in [2.24, 2.45) is 0 Å². The first-order chi connectivity index (χ1) is 9.64.